The number of hydrogen-bond acceptors (Lipinski definition) is 4. The Kier molecular flexibility index (Phi) is 4.83. The highest BCUT2D eigenvalue weighted by Gasteiger charge is 2.41. The minimum Gasteiger partial charge on any atom is -0.457 e. The first kappa shape index (κ1) is 16.9. The van der Waals surface area contributed by atoms with Gasteiger partial charge in [0.05, 0.1) is 5.92 Å². The van der Waals surface area contributed by atoms with E-state index in [1.165, 1.54) is 0 Å². The summed E-state index contributed by atoms with van der Waals surface area (Å²) in [5.74, 6) is -0.359. The lowest BCUT2D eigenvalue weighted by atomic mass is 9.67. The molecule has 2 bridgehead atoms. The van der Waals surface area contributed by atoms with Gasteiger partial charge in [-0.2, -0.15) is 0 Å². The number of carbonyl (C=O) groups excluding carboxylic acids is 3. The van der Waals surface area contributed by atoms with Gasteiger partial charge in [-0.25, -0.2) is 0 Å². The third kappa shape index (κ3) is 3.42. The summed E-state index contributed by atoms with van der Waals surface area (Å²) in [5.41, 5.74) is 2.59. The summed E-state index contributed by atoms with van der Waals surface area (Å²) in [5, 5.41) is 0. The monoisotopic (exact) mass is 328 g/mol. The van der Waals surface area contributed by atoms with Gasteiger partial charge in [0.25, 0.3) is 0 Å². The van der Waals surface area contributed by atoms with Gasteiger partial charge in [-0.05, 0) is 45.1 Å². The molecular formula is C20H24O4. The Morgan fingerprint density at radius 3 is 2.42 bits per heavy atom. The van der Waals surface area contributed by atoms with Gasteiger partial charge in [-0.15, -0.1) is 0 Å². The lowest BCUT2D eigenvalue weighted by Crippen LogP contribution is -2.39. The van der Waals surface area contributed by atoms with E-state index in [-0.39, 0.29) is 36.1 Å². The van der Waals surface area contributed by atoms with Crippen molar-refractivity contribution < 1.29 is 19.1 Å². The third-order valence-electron chi connectivity index (χ3n) is 5.41. The summed E-state index contributed by atoms with van der Waals surface area (Å²) in [4.78, 5) is 36.7. The maximum Gasteiger partial charge on any atom is 0.309 e. The van der Waals surface area contributed by atoms with Crippen LogP contribution in [0.4, 0.5) is 0 Å². The average Bonchev–Trinajstić information content (AvgIpc) is 2.52. The predicted octanol–water partition coefficient (Wildman–Crippen LogP) is 3.42. The molecule has 2 saturated carbocycles. The van der Waals surface area contributed by atoms with E-state index in [4.69, 9.17) is 4.74 Å². The zero-order chi connectivity index (χ0) is 17.3. The average molecular weight is 328 g/mol. The molecule has 4 nitrogen and oxygen atoms in total. The Morgan fingerprint density at radius 1 is 1.12 bits per heavy atom. The SMILES string of the molecule is Cc1ccc(C(=O)COC(=O)C2C[C@H]3CCC[C@@H](C2)C3=O)c(C)c1. The molecule has 128 valence electrons. The van der Waals surface area contributed by atoms with Crippen molar-refractivity contribution in [2.45, 2.75) is 46.0 Å². The largest absolute Gasteiger partial charge is 0.457 e. The predicted molar refractivity (Wildman–Crippen MR) is 89.8 cm³/mol. The number of ketones is 2. The normalized spacial score (nSPS) is 26.1. The Balaban J connectivity index is 1.57. The van der Waals surface area contributed by atoms with Crippen LogP contribution in [0.3, 0.4) is 0 Å². The smallest absolute Gasteiger partial charge is 0.309 e. The summed E-state index contributed by atoms with van der Waals surface area (Å²) in [7, 11) is 0. The summed E-state index contributed by atoms with van der Waals surface area (Å²) >= 11 is 0. The number of carbonyl (C=O) groups is 3. The lowest BCUT2D eigenvalue weighted by Gasteiger charge is -2.36. The van der Waals surface area contributed by atoms with Crippen LogP contribution in [-0.4, -0.2) is 24.1 Å². The molecule has 0 aromatic heterocycles. The molecule has 0 spiro atoms. The van der Waals surface area contributed by atoms with Gasteiger partial charge in [0.15, 0.2) is 6.61 Å². The van der Waals surface area contributed by atoms with Crippen LogP contribution in [0.1, 0.15) is 53.6 Å². The van der Waals surface area contributed by atoms with E-state index < -0.39 is 0 Å². The highest BCUT2D eigenvalue weighted by atomic mass is 16.5. The molecule has 0 N–H and O–H groups in total. The number of fused-ring (bicyclic) bond motifs is 2. The first-order valence-corrected chi connectivity index (χ1v) is 8.76. The van der Waals surface area contributed by atoms with Crippen LogP contribution in [0.15, 0.2) is 18.2 Å². The number of rotatable bonds is 4. The van der Waals surface area contributed by atoms with Gasteiger partial charge >= 0.3 is 5.97 Å². The summed E-state index contributed by atoms with van der Waals surface area (Å²) < 4.78 is 5.28. The number of ether oxygens (including phenoxy) is 1. The molecule has 1 aromatic carbocycles. The molecule has 2 aliphatic rings. The summed E-state index contributed by atoms with van der Waals surface area (Å²) in [6.45, 7) is 3.64. The van der Waals surface area contributed by atoms with Gasteiger partial charge in [-0.3, -0.25) is 14.4 Å². The van der Waals surface area contributed by atoms with Crippen LogP contribution in [0.25, 0.3) is 0 Å². The molecule has 0 aliphatic heterocycles. The Hall–Kier alpha value is -1.97. The molecule has 0 heterocycles. The van der Waals surface area contributed by atoms with E-state index in [1.807, 2.05) is 26.0 Å². The van der Waals surface area contributed by atoms with E-state index in [0.717, 1.165) is 30.4 Å². The van der Waals surface area contributed by atoms with Crippen LogP contribution in [0, 0.1) is 31.6 Å². The van der Waals surface area contributed by atoms with Crippen molar-refractivity contribution in [1.82, 2.24) is 0 Å². The fourth-order valence-electron chi connectivity index (χ4n) is 4.13. The first-order chi connectivity index (χ1) is 11.5. The molecule has 0 saturated heterocycles. The second-order valence-electron chi connectivity index (χ2n) is 7.24. The Morgan fingerprint density at radius 2 is 1.79 bits per heavy atom. The number of benzene rings is 1. The van der Waals surface area contributed by atoms with Gasteiger partial charge in [0.1, 0.15) is 5.78 Å². The third-order valence-corrected chi connectivity index (χ3v) is 5.41. The maximum absolute atomic E-state index is 12.3. The number of hydrogen-bond donors (Lipinski definition) is 0. The van der Waals surface area contributed by atoms with E-state index >= 15 is 0 Å². The van der Waals surface area contributed by atoms with E-state index in [0.29, 0.717) is 24.2 Å². The molecular weight excluding hydrogens is 304 g/mol. The number of Topliss-reactive ketones (excluding diaryl/α,β-unsaturated/α-hetero) is 2. The van der Waals surface area contributed by atoms with E-state index in [2.05, 4.69) is 0 Å². The minimum absolute atomic E-state index is 0.0186. The van der Waals surface area contributed by atoms with Crippen LogP contribution in [0.2, 0.25) is 0 Å². The van der Waals surface area contributed by atoms with Crippen molar-refractivity contribution in [2.75, 3.05) is 6.61 Å². The molecule has 24 heavy (non-hydrogen) atoms. The van der Waals surface area contributed by atoms with Crippen molar-refractivity contribution in [3.63, 3.8) is 0 Å². The molecule has 4 heteroatoms. The zero-order valence-corrected chi connectivity index (χ0v) is 14.3. The molecule has 3 atom stereocenters. The number of aryl methyl sites for hydroxylation is 2. The lowest BCUT2D eigenvalue weighted by molar-refractivity contribution is -0.152. The summed E-state index contributed by atoms with van der Waals surface area (Å²) in [6.07, 6.45) is 4.03. The standard InChI is InChI=1S/C20H24O4/c1-12-6-7-17(13(2)8-12)18(21)11-24-20(23)16-9-14-4-3-5-15(10-16)19(14)22/h6-8,14-16H,3-5,9-11H2,1-2H3/t14-,15+,16?. The quantitative estimate of drug-likeness (QED) is 0.627. The summed E-state index contributed by atoms with van der Waals surface area (Å²) in [6, 6.07) is 5.61. The minimum atomic E-state index is -0.322. The van der Waals surface area contributed by atoms with Crippen molar-refractivity contribution >= 4 is 17.5 Å². The molecule has 0 radical (unpaired) electrons. The van der Waals surface area contributed by atoms with Crippen LogP contribution >= 0.6 is 0 Å². The van der Waals surface area contributed by atoms with Crippen molar-refractivity contribution in [3.8, 4) is 0 Å². The van der Waals surface area contributed by atoms with Crippen LogP contribution < -0.4 is 0 Å². The van der Waals surface area contributed by atoms with Crippen LogP contribution in [0.5, 0.6) is 0 Å². The van der Waals surface area contributed by atoms with Gasteiger partial charge in [-0.1, -0.05) is 30.2 Å². The van der Waals surface area contributed by atoms with E-state index in [9.17, 15) is 14.4 Å². The van der Waals surface area contributed by atoms with Crippen molar-refractivity contribution in [3.05, 3.63) is 34.9 Å². The van der Waals surface area contributed by atoms with Crippen molar-refractivity contribution in [2.24, 2.45) is 17.8 Å². The van der Waals surface area contributed by atoms with Gasteiger partial charge < -0.3 is 4.74 Å². The topological polar surface area (TPSA) is 60.4 Å². The Bertz CT molecular complexity index is 660. The van der Waals surface area contributed by atoms with Crippen LogP contribution in [-0.2, 0) is 14.3 Å². The van der Waals surface area contributed by atoms with Gasteiger partial charge in [0.2, 0.25) is 5.78 Å². The molecule has 2 fully saturated rings. The molecule has 2 aliphatic carbocycles. The fourth-order valence-corrected chi connectivity index (χ4v) is 4.13. The molecule has 1 aromatic rings. The molecule has 0 amide bonds. The second kappa shape index (κ2) is 6.88. The molecule has 1 unspecified atom stereocenters. The first-order valence-electron chi connectivity index (χ1n) is 8.76. The zero-order valence-electron chi connectivity index (χ0n) is 14.3. The number of esters is 1. The van der Waals surface area contributed by atoms with Gasteiger partial charge in [0, 0.05) is 17.4 Å². The maximum atomic E-state index is 12.3. The van der Waals surface area contributed by atoms with E-state index in [1.54, 1.807) is 6.07 Å². The highest BCUT2D eigenvalue weighted by Crippen LogP contribution is 2.40. The Labute approximate surface area is 142 Å². The molecule has 3 rings (SSSR count). The second-order valence-corrected chi connectivity index (χ2v) is 7.24. The highest BCUT2D eigenvalue weighted by molar-refractivity contribution is 5.99. The fraction of sp³-hybridized carbons (Fsp3) is 0.550. The van der Waals surface area contributed by atoms with Crippen molar-refractivity contribution in [1.29, 1.82) is 0 Å².